The van der Waals surface area contributed by atoms with Gasteiger partial charge in [0, 0.05) is 65.4 Å². The number of esters is 1. The van der Waals surface area contributed by atoms with Crippen LogP contribution in [0, 0.1) is 41.5 Å². The Morgan fingerprint density at radius 2 is 0.880 bits per heavy atom. The molecule has 0 spiro atoms. The largest absolute Gasteiger partial charge is 0.459 e. The van der Waals surface area contributed by atoms with Crippen LogP contribution in [-0.2, 0) is 32.7 Å². The lowest BCUT2D eigenvalue weighted by Crippen LogP contribution is -2.31. The summed E-state index contributed by atoms with van der Waals surface area (Å²) in [5, 5.41) is 22.4. The van der Waals surface area contributed by atoms with Crippen LogP contribution in [0.1, 0.15) is 69.2 Å². The number of hydrogen-bond donors (Lipinski definition) is 4. The molecule has 0 aliphatic heterocycles. The summed E-state index contributed by atoms with van der Waals surface area (Å²) >= 11 is 8.12. The molecule has 4 N–H and O–H groups in total. The van der Waals surface area contributed by atoms with E-state index in [2.05, 4.69) is 178 Å². The van der Waals surface area contributed by atoms with Crippen LogP contribution in [0.25, 0.3) is 34.2 Å². The first-order chi connectivity index (χ1) is 35.9. The molecular weight excluding hydrogens is 1070 g/mol. The third-order valence-corrected chi connectivity index (χ3v) is 13.6. The number of nitrogens with zero attached hydrogens (tertiary/aromatic N) is 9. The summed E-state index contributed by atoms with van der Waals surface area (Å²) in [6.07, 6.45) is 5.20. The Bertz CT molecular complexity index is 3280. The summed E-state index contributed by atoms with van der Waals surface area (Å²) in [5.41, 5.74) is 14.5. The number of carbonyl (C=O) groups is 1. The molecule has 388 valence electrons. The van der Waals surface area contributed by atoms with Gasteiger partial charge in [0.25, 0.3) is 0 Å². The van der Waals surface area contributed by atoms with Gasteiger partial charge in [0.15, 0.2) is 0 Å². The minimum Gasteiger partial charge on any atom is -0.459 e. The molecule has 3 aromatic carbocycles. The number of alkyl halides is 1. The molecule has 0 bridgehead atoms. The van der Waals surface area contributed by atoms with Gasteiger partial charge >= 0.3 is 5.97 Å². The molecule has 9 aromatic rings. The number of halogens is 1. The average molecular weight is 1130 g/mol. The van der Waals surface area contributed by atoms with E-state index in [4.69, 9.17) is 9.47 Å². The fourth-order valence-corrected chi connectivity index (χ4v) is 10.2. The van der Waals surface area contributed by atoms with Crippen molar-refractivity contribution in [1.82, 2.24) is 50.2 Å². The summed E-state index contributed by atoms with van der Waals surface area (Å²) in [5.74, 6) is 1.39. The van der Waals surface area contributed by atoms with Gasteiger partial charge in [0.1, 0.15) is 37.7 Å². The van der Waals surface area contributed by atoms with Gasteiger partial charge in [-0.3, -0.25) is 4.79 Å². The molecule has 0 saturated heterocycles. The van der Waals surface area contributed by atoms with Crippen molar-refractivity contribution in [3.8, 4) is 34.2 Å². The molecule has 9 rings (SSSR count). The molecule has 0 aliphatic carbocycles. The number of ether oxygens (including phenoxy) is 2. The Labute approximate surface area is 458 Å². The minimum absolute atomic E-state index is 0.143. The maximum absolute atomic E-state index is 11.8. The maximum Gasteiger partial charge on any atom is 0.320 e. The van der Waals surface area contributed by atoms with Crippen molar-refractivity contribution in [2.45, 2.75) is 86.4 Å². The molecular formula is C55H60BrN13O3S3. The number of carbonyl (C=O) groups excluding carboxylic acids is 1. The van der Waals surface area contributed by atoms with Crippen molar-refractivity contribution < 1.29 is 14.3 Å². The van der Waals surface area contributed by atoms with E-state index in [-0.39, 0.29) is 12.5 Å². The number of anilines is 6. The molecule has 0 fully saturated rings. The highest BCUT2D eigenvalue weighted by molar-refractivity contribution is 9.08. The van der Waals surface area contributed by atoms with Crippen molar-refractivity contribution in [2.24, 2.45) is 0 Å². The topological polar surface area (TPSA) is 200 Å². The summed E-state index contributed by atoms with van der Waals surface area (Å²) < 4.78 is 10.4. The van der Waals surface area contributed by atoms with Crippen molar-refractivity contribution in [2.75, 3.05) is 29.6 Å². The lowest BCUT2D eigenvalue weighted by molar-refractivity contribution is -0.153. The molecule has 20 heteroatoms. The first-order valence-corrected chi connectivity index (χ1v) is 27.6. The molecule has 6 aromatic heterocycles. The van der Waals surface area contributed by atoms with Crippen LogP contribution in [0.15, 0.2) is 108 Å². The zero-order chi connectivity index (χ0) is 53.5. The van der Waals surface area contributed by atoms with Crippen LogP contribution in [0.4, 0.5) is 34.9 Å². The Hall–Kier alpha value is -6.94. The van der Waals surface area contributed by atoms with E-state index in [1.807, 2.05) is 55.1 Å². The van der Waals surface area contributed by atoms with Gasteiger partial charge < -0.3 is 30.7 Å². The predicted molar refractivity (Wildman–Crippen MR) is 308 cm³/mol. The zero-order valence-electron chi connectivity index (χ0n) is 43.6. The van der Waals surface area contributed by atoms with E-state index < -0.39 is 5.60 Å². The number of aryl methyl sites for hydroxylation is 6. The van der Waals surface area contributed by atoms with Gasteiger partial charge in [-0.05, 0) is 150 Å². The molecule has 16 nitrogen and oxygen atoms in total. The van der Waals surface area contributed by atoms with Gasteiger partial charge in [0.05, 0.1) is 35.6 Å². The lowest BCUT2D eigenvalue weighted by atomic mass is 10.1. The number of methoxy groups -OCH3 is 1. The lowest BCUT2D eigenvalue weighted by Gasteiger charge is -2.19. The summed E-state index contributed by atoms with van der Waals surface area (Å²) in [7, 11) is 1.66. The highest BCUT2D eigenvalue weighted by Gasteiger charge is 2.16. The second-order valence-corrected chi connectivity index (χ2v) is 21.8. The monoisotopic (exact) mass is 1130 g/mol. The van der Waals surface area contributed by atoms with E-state index in [1.54, 1.807) is 48.4 Å². The number of rotatable bonds is 16. The summed E-state index contributed by atoms with van der Waals surface area (Å²) in [4.78, 5) is 52.0. The first-order valence-electron chi connectivity index (χ1n) is 23.8. The number of thiazole rings is 3. The van der Waals surface area contributed by atoms with E-state index in [1.165, 1.54) is 44.7 Å². The fraction of sp³-hybridized carbons (Fsp3) is 0.273. The molecule has 0 amide bonds. The highest BCUT2D eigenvalue weighted by Crippen LogP contribution is 2.27. The SMILES string of the molecule is COCc1nc(-c2ccnc(Nc3cc(C)cc(C)c3)n2)cs1.Cc1cc(C)cc(Nc2nccc(-c3csc(CBr)n3)n2)c1.Cc1cc(C)cc(Nc2nccc(-c3csc(CNCC(=O)OC(C)(C)C)n3)n2)c1. The second kappa shape index (κ2) is 26.5. The number of benzene rings is 3. The Kier molecular flexibility index (Phi) is 19.7. The average Bonchev–Trinajstić information content (AvgIpc) is 4.14. The van der Waals surface area contributed by atoms with Crippen molar-refractivity contribution in [3.05, 3.63) is 156 Å². The van der Waals surface area contributed by atoms with Crippen LogP contribution in [0.2, 0.25) is 0 Å². The molecule has 0 unspecified atom stereocenters. The Balaban J connectivity index is 0.000000167. The number of hydrogen-bond acceptors (Lipinski definition) is 19. The standard InChI is InChI=1S/C22H27N5O2S.C17H18N4OS.C16H15BrN4S/c1-14-8-15(2)10-16(9-14)25-21-24-7-6-17(27-21)18-13-30-19(26-18)11-23-12-20(28)29-22(3,4)5;1-11-6-12(2)8-13(7-11)19-17-18-5-4-14(21-17)15-10-23-16(20-15)9-22-3;1-10-5-11(2)7-12(6-10)19-16-18-4-3-13(21-16)14-9-22-15(8-17)20-14/h6-10,13,23H,11-12H2,1-5H3,(H,24,25,27);4-8,10H,9H2,1-3H3,(H,18,19,21);3-7,9H,8H2,1-2H3,(H,18,19,21). The Morgan fingerprint density at radius 3 is 1.24 bits per heavy atom. The van der Waals surface area contributed by atoms with E-state index in [0.29, 0.717) is 31.0 Å². The van der Waals surface area contributed by atoms with E-state index >= 15 is 0 Å². The third-order valence-electron chi connectivity index (χ3n) is 10.2. The van der Waals surface area contributed by atoms with Crippen molar-refractivity contribution in [3.63, 3.8) is 0 Å². The van der Waals surface area contributed by atoms with Crippen LogP contribution >= 0.6 is 49.9 Å². The summed E-state index contributed by atoms with van der Waals surface area (Å²) in [6, 6.07) is 24.4. The van der Waals surface area contributed by atoms with Crippen LogP contribution in [0.3, 0.4) is 0 Å². The molecule has 0 radical (unpaired) electrons. The molecule has 75 heavy (non-hydrogen) atoms. The zero-order valence-corrected chi connectivity index (χ0v) is 47.6. The number of aromatic nitrogens is 9. The molecule has 0 atom stereocenters. The molecule has 0 aliphatic rings. The van der Waals surface area contributed by atoms with Crippen LogP contribution in [-0.4, -0.2) is 70.1 Å². The third kappa shape index (κ3) is 17.9. The second-order valence-electron chi connectivity index (χ2n) is 18.4. The van der Waals surface area contributed by atoms with E-state index in [0.717, 1.165) is 71.6 Å². The normalized spacial score (nSPS) is 11.0. The van der Waals surface area contributed by atoms with Crippen molar-refractivity contribution in [1.29, 1.82) is 0 Å². The predicted octanol–water partition coefficient (Wildman–Crippen LogP) is 13.4. The van der Waals surface area contributed by atoms with Gasteiger partial charge in [0.2, 0.25) is 17.8 Å². The first kappa shape index (κ1) is 55.8. The minimum atomic E-state index is -0.483. The summed E-state index contributed by atoms with van der Waals surface area (Å²) in [6.45, 7) is 19.1. The molecule has 6 heterocycles. The highest BCUT2D eigenvalue weighted by atomic mass is 79.9. The molecule has 0 saturated carbocycles. The van der Waals surface area contributed by atoms with Crippen LogP contribution in [0.5, 0.6) is 0 Å². The fourth-order valence-electron chi connectivity index (χ4n) is 7.48. The smallest absolute Gasteiger partial charge is 0.320 e. The number of nitrogens with one attached hydrogen (secondary N) is 4. The van der Waals surface area contributed by atoms with Crippen LogP contribution < -0.4 is 21.3 Å². The van der Waals surface area contributed by atoms with E-state index in [9.17, 15) is 4.79 Å². The van der Waals surface area contributed by atoms with Crippen molar-refractivity contribution >= 4 is 90.8 Å². The quantitative estimate of drug-likeness (QED) is 0.0525. The maximum atomic E-state index is 11.8. The van der Waals surface area contributed by atoms with Gasteiger partial charge in [-0.15, -0.1) is 34.0 Å². The van der Waals surface area contributed by atoms with Gasteiger partial charge in [-0.25, -0.2) is 44.9 Å². The van der Waals surface area contributed by atoms with Gasteiger partial charge in [-0.1, -0.05) is 34.1 Å². The van der Waals surface area contributed by atoms with Gasteiger partial charge in [-0.2, -0.15) is 0 Å². The Morgan fingerprint density at radius 1 is 0.520 bits per heavy atom.